The highest BCUT2D eigenvalue weighted by atomic mass is 35.5. The molecule has 2 aromatic carbocycles. The molecule has 1 amide bonds. The average molecular weight is 360 g/mol. The van der Waals surface area contributed by atoms with Crippen molar-refractivity contribution in [3.8, 4) is 5.75 Å². The van der Waals surface area contributed by atoms with Gasteiger partial charge in [0.15, 0.2) is 11.6 Å². The van der Waals surface area contributed by atoms with E-state index in [0.29, 0.717) is 0 Å². The van der Waals surface area contributed by atoms with Crippen molar-refractivity contribution in [2.75, 3.05) is 20.2 Å². The van der Waals surface area contributed by atoms with Crippen LogP contribution in [0.25, 0.3) is 0 Å². The van der Waals surface area contributed by atoms with Crippen molar-refractivity contribution in [2.24, 2.45) is 0 Å². The maximum Gasteiger partial charge on any atom is 0.255 e. The first-order valence-corrected chi connectivity index (χ1v) is 7.43. The molecule has 0 heterocycles. The zero-order valence-corrected chi connectivity index (χ0v) is 13.7. The molecule has 0 aromatic heterocycles. The maximum atomic E-state index is 13.5. The highest BCUT2D eigenvalue weighted by molar-refractivity contribution is 6.36. The van der Waals surface area contributed by atoms with Crippen LogP contribution in [0, 0.1) is 11.6 Å². The Kier molecular flexibility index (Phi) is 5.80. The molecule has 23 heavy (non-hydrogen) atoms. The Labute approximate surface area is 142 Å². The van der Waals surface area contributed by atoms with Gasteiger partial charge in [-0.3, -0.25) is 4.79 Å². The topological polar surface area (TPSA) is 29.5 Å². The van der Waals surface area contributed by atoms with E-state index in [-0.39, 0.29) is 34.5 Å². The van der Waals surface area contributed by atoms with Crippen molar-refractivity contribution in [3.05, 3.63) is 63.6 Å². The molecular formula is C16H13Cl2F2NO2. The van der Waals surface area contributed by atoms with E-state index in [1.54, 1.807) is 12.1 Å². The lowest BCUT2D eigenvalue weighted by molar-refractivity contribution is 0.0772. The number of benzene rings is 2. The molecule has 2 aromatic rings. The standard InChI is InChI=1S/C16H13Cl2F2NO2/c1-21(6-7-23-15-5-3-2-4-13(15)19)16(22)10-8-14(20)12(18)9-11(10)17/h2-5,8-9H,6-7H2,1H3. The molecule has 0 fully saturated rings. The zero-order chi connectivity index (χ0) is 17.0. The number of hydrogen-bond donors (Lipinski definition) is 0. The zero-order valence-electron chi connectivity index (χ0n) is 12.2. The van der Waals surface area contributed by atoms with E-state index in [2.05, 4.69) is 0 Å². The Morgan fingerprint density at radius 2 is 1.83 bits per heavy atom. The van der Waals surface area contributed by atoms with Crippen LogP contribution >= 0.6 is 23.2 Å². The summed E-state index contributed by atoms with van der Waals surface area (Å²) in [7, 11) is 1.51. The van der Waals surface area contributed by atoms with Gasteiger partial charge < -0.3 is 9.64 Å². The molecule has 122 valence electrons. The van der Waals surface area contributed by atoms with Gasteiger partial charge in [0.2, 0.25) is 0 Å². The second-order valence-corrected chi connectivity index (χ2v) is 5.57. The summed E-state index contributed by atoms with van der Waals surface area (Å²) >= 11 is 11.5. The van der Waals surface area contributed by atoms with Gasteiger partial charge in [0.1, 0.15) is 12.4 Å². The Bertz CT molecular complexity index is 725. The van der Waals surface area contributed by atoms with Crippen LogP contribution in [0.5, 0.6) is 5.75 Å². The van der Waals surface area contributed by atoms with Crippen molar-refractivity contribution >= 4 is 29.1 Å². The van der Waals surface area contributed by atoms with Gasteiger partial charge in [-0.2, -0.15) is 0 Å². The Balaban J connectivity index is 1.98. The van der Waals surface area contributed by atoms with Gasteiger partial charge in [-0.1, -0.05) is 35.3 Å². The summed E-state index contributed by atoms with van der Waals surface area (Å²) in [5.74, 6) is -1.59. The predicted octanol–water partition coefficient (Wildman–Crippen LogP) is 4.42. The average Bonchev–Trinajstić information content (AvgIpc) is 2.52. The van der Waals surface area contributed by atoms with Gasteiger partial charge in [0.25, 0.3) is 5.91 Å². The fraction of sp³-hybridized carbons (Fsp3) is 0.188. The van der Waals surface area contributed by atoms with Crippen LogP contribution in [0.1, 0.15) is 10.4 Å². The lowest BCUT2D eigenvalue weighted by Gasteiger charge is -2.18. The Morgan fingerprint density at radius 1 is 1.13 bits per heavy atom. The summed E-state index contributed by atoms with van der Waals surface area (Å²) in [5.41, 5.74) is 0.00181. The van der Waals surface area contributed by atoms with Crippen molar-refractivity contribution in [1.82, 2.24) is 4.90 Å². The molecule has 0 aliphatic heterocycles. The van der Waals surface area contributed by atoms with Gasteiger partial charge in [0.05, 0.1) is 22.2 Å². The normalized spacial score (nSPS) is 10.5. The molecule has 0 aliphatic rings. The van der Waals surface area contributed by atoms with Crippen LogP contribution in [0.4, 0.5) is 8.78 Å². The van der Waals surface area contributed by atoms with Gasteiger partial charge in [-0.05, 0) is 24.3 Å². The number of ether oxygens (including phenoxy) is 1. The van der Waals surface area contributed by atoms with Crippen molar-refractivity contribution in [3.63, 3.8) is 0 Å². The number of halogens is 4. The number of para-hydroxylation sites is 1. The minimum Gasteiger partial charge on any atom is -0.489 e. The highest BCUT2D eigenvalue weighted by Crippen LogP contribution is 2.25. The number of carbonyl (C=O) groups is 1. The smallest absolute Gasteiger partial charge is 0.255 e. The molecule has 0 atom stereocenters. The molecule has 3 nitrogen and oxygen atoms in total. The molecular weight excluding hydrogens is 347 g/mol. The highest BCUT2D eigenvalue weighted by Gasteiger charge is 2.18. The summed E-state index contributed by atoms with van der Waals surface area (Å²) in [6.07, 6.45) is 0. The number of hydrogen-bond acceptors (Lipinski definition) is 2. The van der Waals surface area contributed by atoms with Crippen LogP contribution in [0.15, 0.2) is 36.4 Å². The molecule has 0 bridgehead atoms. The van der Waals surface area contributed by atoms with Crippen molar-refractivity contribution < 1.29 is 18.3 Å². The fourth-order valence-electron chi connectivity index (χ4n) is 1.85. The van der Waals surface area contributed by atoms with Crippen LogP contribution in [0.3, 0.4) is 0 Å². The first-order valence-electron chi connectivity index (χ1n) is 6.67. The number of amides is 1. The van der Waals surface area contributed by atoms with Gasteiger partial charge >= 0.3 is 0 Å². The van der Waals surface area contributed by atoms with E-state index in [1.807, 2.05) is 0 Å². The van der Waals surface area contributed by atoms with Crippen LogP contribution in [-0.4, -0.2) is 31.0 Å². The van der Waals surface area contributed by atoms with Crippen molar-refractivity contribution in [1.29, 1.82) is 0 Å². The number of likely N-dealkylation sites (N-methyl/N-ethyl adjacent to an activating group) is 1. The summed E-state index contributed by atoms with van der Waals surface area (Å²) in [6.45, 7) is 0.255. The summed E-state index contributed by atoms with van der Waals surface area (Å²) in [6, 6.07) is 8.12. The van der Waals surface area contributed by atoms with E-state index >= 15 is 0 Å². The van der Waals surface area contributed by atoms with E-state index < -0.39 is 17.5 Å². The monoisotopic (exact) mass is 359 g/mol. The van der Waals surface area contributed by atoms with Crippen molar-refractivity contribution in [2.45, 2.75) is 0 Å². The third-order valence-corrected chi connectivity index (χ3v) is 3.71. The lowest BCUT2D eigenvalue weighted by Crippen LogP contribution is -2.31. The third kappa shape index (κ3) is 4.33. The maximum absolute atomic E-state index is 13.5. The Morgan fingerprint density at radius 3 is 2.52 bits per heavy atom. The minimum absolute atomic E-state index is 0.00181. The van der Waals surface area contributed by atoms with E-state index in [4.69, 9.17) is 27.9 Å². The third-order valence-electron chi connectivity index (χ3n) is 3.11. The fourth-order valence-corrected chi connectivity index (χ4v) is 2.31. The first kappa shape index (κ1) is 17.5. The van der Waals surface area contributed by atoms with Crippen LogP contribution in [0.2, 0.25) is 10.0 Å². The summed E-state index contributed by atoms with van der Waals surface area (Å²) in [5, 5.41) is -0.0969. The minimum atomic E-state index is -0.726. The number of nitrogens with zero attached hydrogens (tertiary/aromatic N) is 1. The SMILES string of the molecule is CN(CCOc1ccccc1F)C(=O)c1cc(F)c(Cl)cc1Cl. The summed E-state index contributed by atoms with van der Waals surface area (Å²) < 4.78 is 32.1. The van der Waals surface area contributed by atoms with Gasteiger partial charge in [-0.15, -0.1) is 0 Å². The summed E-state index contributed by atoms with van der Waals surface area (Å²) in [4.78, 5) is 13.5. The van der Waals surface area contributed by atoms with Crippen LogP contribution < -0.4 is 4.74 Å². The van der Waals surface area contributed by atoms with Crippen LogP contribution in [-0.2, 0) is 0 Å². The molecule has 7 heteroatoms. The van der Waals surface area contributed by atoms with E-state index in [1.165, 1.54) is 30.1 Å². The second kappa shape index (κ2) is 7.62. The lowest BCUT2D eigenvalue weighted by atomic mass is 10.2. The van der Waals surface area contributed by atoms with E-state index in [0.717, 1.165) is 6.07 Å². The molecule has 0 saturated heterocycles. The van der Waals surface area contributed by atoms with Gasteiger partial charge in [-0.25, -0.2) is 8.78 Å². The Hall–Kier alpha value is -1.85. The van der Waals surface area contributed by atoms with E-state index in [9.17, 15) is 13.6 Å². The molecule has 0 unspecified atom stereocenters. The molecule has 0 radical (unpaired) electrons. The first-order chi connectivity index (χ1) is 10.9. The molecule has 0 saturated carbocycles. The number of rotatable bonds is 5. The second-order valence-electron chi connectivity index (χ2n) is 4.75. The van der Waals surface area contributed by atoms with Gasteiger partial charge in [0, 0.05) is 7.05 Å². The largest absolute Gasteiger partial charge is 0.489 e. The molecule has 0 N–H and O–H groups in total. The predicted molar refractivity (Wildman–Crippen MR) is 85.3 cm³/mol. The molecule has 0 spiro atoms. The molecule has 2 rings (SSSR count). The quantitative estimate of drug-likeness (QED) is 0.739. The molecule has 0 aliphatic carbocycles. The number of carbonyl (C=O) groups excluding carboxylic acids is 1.